The number of nitrogens with zero attached hydrogens (tertiary/aromatic N) is 5. The van der Waals surface area contributed by atoms with Gasteiger partial charge in [-0.3, -0.25) is 14.3 Å². The summed E-state index contributed by atoms with van der Waals surface area (Å²) < 4.78 is 15.1. The van der Waals surface area contributed by atoms with Crippen molar-refractivity contribution in [3.05, 3.63) is 46.0 Å². The Morgan fingerprint density at radius 3 is 2.84 bits per heavy atom. The Kier molecular flexibility index (Phi) is 6.11. The monoisotopic (exact) mass is 464 g/mol. The molecule has 2 aliphatic rings. The summed E-state index contributed by atoms with van der Waals surface area (Å²) in [7, 11) is 5.48. The van der Waals surface area contributed by atoms with E-state index in [9.17, 15) is 14.0 Å². The lowest BCUT2D eigenvalue weighted by molar-refractivity contribution is -0.152. The SMILES string of the molecule is C[C@@H]1Cc2nn3c(c2CN1C(=O)Nc1ccc(F)c(Cl)c1)C(=O)N(C)O[C@@H](CN(C)C)C3. The van der Waals surface area contributed by atoms with Crippen molar-refractivity contribution in [2.24, 2.45) is 0 Å². The van der Waals surface area contributed by atoms with Crippen LogP contribution < -0.4 is 5.32 Å². The molecule has 1 aromatic carbocycles. The first-order valence-corrected chi connectivity index (χ1v) is 10.7. The van der Waals surface area contributed by atoms with Gasteiger partial charge in [-0.1, -0.05) is 11.6 Å². The van der Waals surface area contributed by atoms with E-state index in [4.69, 9.17) is 21.5 Å². The number of halogens is 2. The van der Waals surface area contributed by atoms with Crippen LogP contribution in [0.2, 0.25) is 5.02 Å². The van der Waals surface area contributed by atoms with Crippen LogP contribution in [0.1, 0.15) is 28.7 Å². The molecule has 0 radical (unpaired) electrons. The second-order valence-electron chi connectivity index (χ2n) is 8.49. The van der Waals surface area contributed by atoms with Crippen LogP contribution in [0, 0.1) is 5.82 Å². The maximum atomic E-state index is 13.4. The lowest BCUT2D eigenvalue weighted by Crippen LogP contribution is -2.45. The zero-order valence-electron chi connectivity index (χ0n) is 18.4. The van der Waals surface area contributed by atoms with Gasteiger partial charge in [-0.05, 0) is 39.2 Å². The molecule has 2 atom stereocenters. The van der Waals surface area contributed by atoms with Crippen LogP contribution >= 0.6 is 11.6 Å². The fourth-order valence-corrected chi connectivity index (χ4v) is 4.33. The highest BCUT2D eigenvalue weighted by Gasteiger charge is 2.37. The molecule has 0 unspecified atom stereocenters. The summed E-state index contributed by atoms with van der Waals surface area (Å²) >= 11 is 5.82. The highest BCUT2D eigenvalue weighted by molar-refractivity contribution is 6.31. The van der Waals surface area contributed by atoms with Gasteiger partial charge in [0, 0.05) is 37.3 Å². The van der Waals surface area contributed by atoms with Crippen LogP contribution in [0.3, 0.4) is 0 Å². The summed E-state index contributed by atoms with van der Waals surface area (Å²) in [5.41, 5.74) is 2.37. The second kappa shape index (κ2) is 8.68. The smallest absolute Gasteiger partial charge is 0.317 e. The first-order valence-electron chi connectivity index (χ1n) is 10.3. The number of amides is 3. The van der Waals surface area contributed by atoms with E-state index < -0.39 is 5.82 Å². The molecule has 11 heteroatoms. The van der Waals surface area contributed by atoms with E-state index in [0.717, 1.165) is 11.3 Å². The Balaban J connectivity index is 1.60. The van der Waals surface area contributed by atoms with E-state index in [0.29, 0.717) is 30.9 Å². The van der Waals surface area contributed by atoms with Crippen molar-refractivity contribution < 1.29 is 18.8 Å². The number of carbonyl (C=O) groups excluding carboxylic acids is 2. The molecule has 0 fully saturated rings. The zero-order valence-corrected chi connectivity index (χ0v) is 19.2. The maximum Gasteiger partial charge on any atom is 0.322 e. The Morgan fingerprint density at radius 2 is 2.16 bits per heavy atom. The van der Waals surface area contributed by atoms with Gasteiger partial charge in [0.25, 0.3) is 5.91 Å². The van der Waals surface area contributed by atoms with Crippen molar-refractivity contribution >= 4 is 29.2 Å². The Hall–Kier alpha value is -2.69. The van der Waals surface area contributed by atoms with Crippen molar-refractivity contribution in [3.63, 3.8) is 0 Å². The standard InChI is InChI=1S/C21H26ClFN6O3/c1-12-7-18-15(11-28(12)21(31)24-13-5-6-17(23)16(22)8-13)19-20(30)27(4)32-14(9-26(2)3)10-29(19)25-18/h5-6,8,12,14H,7,9-11H2,1-4H3,(H,24,31)/t12-,14+/m1/s1. The second-order valence-corrected chi connectivity index (χ2v) is 8.90. The predicted molar refractivity (Wildman–Crippen MR) is 117 cm³/mol. The molecule has 1 N–H and O–H groups in total. The Morgan fingerprint density at radius 1 is 1.41 bits per heavy atom. The number of fused-ring (bicyclic) bond motifs is 3. The molecule has 0 saturated carbocycles. The van der Waals surface area contributed by atoms with E-state index in [-0.39, 0.29) is 35.7 Å². The normalized spacial score (nSPS) is 20.8. The highest BCUT2D eigenvalue weighted by Crippen LogP contribution is 2.29. The van der Waals surface area contributed by atoms with Gasteiger partial charge in [-0.15, -0.1) is 0 Å². The molecule has 32 heavy (non-hydrogen) atoms. The molecular formula is C21H26ClFN6O3. The minimum absolute atomic E-state index is 0.0698. The maximum absolute atomic E-state index is 13.4. The number of hydrogen-bond acceptors (Lipinski definition) is 5. The number of carbonyl (C=O) groups is 2. The molecule has 1 aromatic heterocycles. The molecule has 0 aliphatic carbocycles. The van der Waals surface area contributed by atoms with Crippen LogP contribution in [0.5, 0.6) is 0 Å². The van der Waals surface area contributed by atoms with Crippen LogP contribution in [0.15, 0.2) is 18.2 Å². The van der Waals surface area contributed by atoms with Crippen molar-refractivity contribution in [3.8, 4) is 0 Å². The van der Waals surface area contributed by atoms with E-state index in [1.807, 2.05) is 25.9 Å². The third-order valence-electron chi connectivity index (χ3n) is 5.66. The Labute approximate surface area is 190 Å². The van der Waals surface area contributed by atoms with Gasteiger partial charge in [0.2, 0.25) is 0 Å². The van der Waals surface area contributed by atoms with Crippen LogP contribution in [0.25, 0.3) is 0 Å². The zero-order chi connectivity index (χ0) is 23.2. The summed E-state index contributed by atoms with van der Waals surface area (Å²) in [6.45, 7) is 3.22. The van der Waals surface area contributed by atoms with Gasteiger partial charge in [0.1, 0.15) is 17.6 Å². The molecular weight excluding hydrogens is 439 g/mol. The molecule has 172 valence electrons. The quantitative estimate of drug-likeness (QED) is 0.755. The minimum atomic E-state index is -0.555. The van der Waals surface area contributed by atoms with Gasteiger partial charge >= 0.3 is 6.03 Å². The highest BCUT2D eigenvalue weighted by atomic mass is 35.5. The van der Waals surface area contributed by atoms with Gasteiger partial charge < -0.3 is 15.1 Å². The van der Waals surface area contributed by atoms with E-state index >= 15 is 0 Å². The average molecular weight is 465 g/mol. The number of hydrogen-bond donors (Lipinski definition) is 1. The van der Waals surface area contributed by atoms with Crippen molar-refractivity contribution in [1.82, 2.24) is 24.6 Å². The number of nitrogens with one attached hydrogen (secondary N) is 1. The van der Waals surface area contributed by atoms with Crippen molar-refractivity contribution in [1.29, 1.82) is 0 Å². The van der Waals surface area contributed by atoms with Gasteiger partial charge in [-0.25, -0.2) is 14.2 Å². The summed E-state index contributed by atoms with van der Waals surface area (Å²) in [6, 6.07) is 3.51. The van der Waals surface area contributed by atoms with Crippen LogP contribution in [-0.4, -0.2) is 76.4 Å². The lowest BCUT2D eigenvalue weighted by atomic mass is 9.99. The lowest BCUT2D eigenvalue weighted by Gasteiger charge is -2.33. The molecule has 4 rings (SSSR count). The van der Waals surface area contributed by atoms with Crippen LogP contribution in [-0.2, 0) is 24.3 Å². The van der Waals surface area contributed by atoms with E-state index in [1.54, 1.807) is 16.6 Å². The number of rotatable bonds is 3. The number of hydroxylamine groups is 2. The van der Waals surface area contributed by atoms with Gasteiger partial charge in [-0.2, -0.15) is 5.10 Å². The van der Waals surface area contributed by atoms with Crippen molar-refractivity contribution in [2.45, 2.75) is 38.6 Å². The van der Waals surface area contributed by atoms with Crippen molar-refractivity contribution in [2.75, 3.05) is 33.0 Å². The van der Waals surface area contributed by atoms with Crippen LogP contribution in [0.4, 0.5) is 14.9 Å². The summed E-state index contributed by atoms with van der Waals surface area (Å²) in [6.07, 6.45) is 0.282. The summed E-state index contributed by atoms with van der Waals surface area (Å²) in [5, 5.41) is 8.63. The largest absolute Gasteiger partial charge is 0.322 e. The first-order chi connectivity index (χ1) is 15.1. The fraction of sp³-hybridized carbons (Fsp3) is 0.476. The minimum Gasteiger partial charge on any atom is -0.317 e. The first kappa shape index (κ1) is 22.5. The number of benzene rings is 1. The number of urea groups is 1. The molecule has 0 saturated heterocycles. The topological polar surface area (TPSA) is 82.9 Å². The molecule has 3 heterocycles. The Bertz CT molecular complexity index is 1060. The average Bonchev–Trinajstić information content (AvgIpc) is 2.99. The van der Waals surface area contributed by atoms with E-state index in [1.165, 1.54) is 23.3 Å². The molecule has 3 amide bonds. The fourth-order valence-electron chi connectivity index (χ4n) is 4.15. The summed E-state index contributed by atoms with van der Waals surface area (Å²) in [4.78, 5) is 35.5. The predicted octanol–water partition coefficient (Wildman–Crippen LogP) is 2.60. The third-order valence-corrected chi connectivity index (χ3v) is 5.95. The van der Waals surface area contributed by atoms with E-state index in [2.05, 4.69) is 5.32 Å². The number of aromatic nitrogens is 2. The number of likely N-dealkylation sites (N-methyl/N-ethyl adjacent to an activating group) is 1. The van der Waals surface area contributed by atoms with Gasteiger partial charge in [0.15, 0.2) is 0 Å². The van der Waals surface area contributed by atoms with Gasteiger partial charge in [0.05, 0.1) is 23.8 Å². The molecule has 2 aromatic rings. The molecule has 0 spiro atoms. The molecule has 0 bridgehead atoms. The molecule has 9 nitrogen and oxygen atoms in total. The molecule has 2 aliphatic heterocycles. The third kappa shape index (κ3) is 4.30. The number of anilines is 1. The summed E-state index contributed by atoms with van der Waals surface area (Å²) in [5.74, 6) is -0.846.